The Morgan fingerprint density at radius 1 is 0.857 bits per heavy atom. The minimum atomic E-state index is -6.67. The standard InChI is InChI=1S/C17H9ClF7NO2/c18-10-6-7-12(11(8-10)13(27)9-4-2-1-3-5-9)26-14(28)15(19,20)16(21,22)17(23,24)25/h1-8H,(H,26,28). The minimum Gasteiger partial charge on any atom is -0.320 e. The predicted molar refractivity (Wildman–Crippen MR) is 85.9 cm³/mol. The van der Waals surface area contributed by atoms with Gasteiger partial charge in [-0.3, -0.25) is 9.59 Å². The van der Waals surface area contributed by atoms with Crippen LogP contribution in [0, 0.1) is 0 Å². The van der Waals surface area contributed by atoms with Gasteiger partial charge in [-0.25, -0.2) is 0 Å². The molecule has 2 rings (SSSR count). The number of carbonyl (C=O) groups is 2. The molecule has 28 heavy (non-hydrogen) atoms. The summed E-state index contributed by atoms with van der Waals surface area (Å²) in [7, 11) is 0. The molecule has 0 aromatic heterocycles. The maximum atomic E-state index is 13.5. The zero-order chi connectivity index (χ0) is 21.3. The molecule has 0 unspecified atom stereocenters. The van der Waals surface area contributed by atoms with E-state index in [9.17, 15) is 40.3 Å². The van der Waals surface area contributed by atoms with Crippen LogP contribution in [0.2, 0.25) is 5.02 Å². The van der Waals surface area contributed by atoms with Crippen LogP contribution < -0.4 is 5.32 Å². The third-order valence-corrected chi connectivity index (χ3v) is 3.78. The van der Waals surface area contributed by atoms with E-state index in [-0.39, 0.29) is 10.6 Å². The second-order valence-electron chi connectivity index (χ2n) is 5.49. The van der Waals surface area contributed by atoms with Crippen LogP contribution in [0.15, 0.2) is 48.5 Å². The molecule has 0 atom stereocenters. The highest BCUT2D eigenvalue weighted by Crippen LogP contribution is 2.47. The Kier molecular flexibility index (Phi) is 5.74. The molecule has 0 saturated heterocycles. The average molecular weight is 428 g/mol. The quantitative estimate of drug-likeness (QED) is 0.517. The number of hydrogen-bond donors (Lipinski definition) is 1. The fourth-order valence-electron chi connectivity index (χ4n) is 2.08. The first kappa shape index (κ1) is 21.7. The SMILES string of the molecule is O=C(c1ccccc1)c1cc(Cl)ccc1NC(=O)C(F)(F)C(F)(F)C(F)(F)F. The molecule has 3 nitrogen and oxygen atoms in total. The lowest BCUT2D eigenvalue weighted by Crippen LogP contribution is -2.57. The van der Waals surface area contributed by atoms with Crippen molar-refractivity contribution in [2.75, 3.05) is 5.32 Å². The Bertz CT molecular complexity index is 898. The first-order valence-corrected chi connectivity index (χ1v) is 7.70. The van der Waals surface area contributed by atoms with Gasteiger partial charge in [0.1, 0.15) is 0 Å². The first-order chi connectivity index (χ1) is 12.8. The highest BCUT2D eigenvalue weighted by Gasteiger charge is 2.76. The molecular formula is C17H9ClF7NO2. The average Bonchev–Trinajstić information content (AvgIpc) is 2.62. The van der Waals surface area contributed by atoms with E-state index in [0.717, 1.165) is 18.2 Å². The molecular weight excluding hydrogens is 419 g/mol. The highest BCUT2D eigenvalue weighted by atomic mass is 35.5. The number of hydrogen-bond acceptors (Lipinski definition) is 2. The van der Waals surface area contributed by atoms with E-state index >= 15 is 0 Å². The molecule has 2 aromatic rings. The van der Waals surface area contributed by atoms with Crippen LogP contribution in [0.4, 0.5) is 36.4 Å². The summed E-state index contributed by atoms with van der Waals surface area (Å²) >= 11 is 5.73. The fraction of sp³-hybridized carbons (Fsp3) is 0.176. The maximum Gasteiger partial charge on any atom is 0.460 e. The van der Waals surface area contributed by atoms with Gasteiger partial charge in [0.25, 0.3) is 0 Å². The Labute approximate surface area is 158 Å². The highest BCUT2D eigenvalue weighted by molar-refractivity contribution is 6.31. The van der Waals surface area contributed by atoms with Crippen molar-refractivity contribution in [1.82, 2.24) is 0 Å². The van der Waals surface area contributed by atoms with E-state index < -0.39 is 41.0 Å². The summed E-state index contributed by atoms with van der Waals surface area (Å²) in [5.41, 5.74) is -1.15. The van der Waals surface area contributed by atoms with Crippen LogP contribution in [0.5, 0.6) is 0 Å². The number of anilines is 1. The molecule has 0 spiro atoms. The topological polar surface area (TPSA) is 46.2 Å². The number of halogens is 8. The van der Waals surface area contributed by atoms with Gasteiger partial charge >= 0.3 is 23.9 Å². The first-order valence-electron chi connectivity index (χ1n) is 7.32. The zero-order valence-electron chi connectivity index (χ0n) is 13.5. The van der Waals surface area contributed by atoms with E-state index in [0.29, 0.717) is 0 Å². The largest absolute Gasteiger partial charge is 0.460 e. The molecule has 1 amide bonds. The molecule has 0 heterocycles. The molecule has 11 heteroatoms. The maximum absolute atomic E-state index is 13.5. The minimum absolute atomic E-state index is 0.0349. The molecule has 1 N–H and O–H groups in total. The van der Waals surface area contributed by atoms with Gasteiger partial charge in [0.2, 0.25) is 0 Å². The molecule has 0 aliphatic rings. The molecule has 150 valence electrons. The van der Waals surface area contributed by atoms with Crippen molar-refractivity contribution in [2.24, 2.45) is 0 Å². The molecule has 0 fully saturated rings. The Hall–Kier alpha value is -2.62. The fourth-order valence-corrected chi connectivity index (χ4v) is 2.25. The monoisotopic (exact) mass is 427 g/mol. The van der Waals surface area contributed by atoms with Crippen molar-refractivity contribution in [1.29, 1.82) is 0 Å². The molecule has 0 saturated carbocycles. The molecule has 2 aromatic carbocycles. The van der Waals surface area contributed by atoms with Crippen molar-refractivity contribution in [3.05, 3.63) is 64.7 Å². The van der Waals surface area contributed by atoms with Crippen LogP contribution in [-0.4, -0.2) is 29.7 Å². The normalized spacial score (nSPS) is 12.6. The summed E-state index contributed by atoms with van der Waals surface area (Å²) in [6.07, 6.45) is -6.67. The van der Waals surface area contributed by atoms with Crippen molar-refractivity contribution in [3.63, 3.8) is 0 Å². The van der Waals surface area contributed by atoms with Gasteiger partial charge in [-0.15, -0.1) is 0 Å². The van der Waals surface area contributed by atoms with Crippen molar-refractivity contribution in [3.8, 4) is 0 Å². The molecule has 0 radical (unpaired) electrons. The number of ketones is 1. The summed E-state index contributed by atoms with van der Waals surface area (Å²) < 4.78 is 89.8. The Morgan fingerprint density at radius 3 is 1.96 bits per heavy atom. The van der Waals surface area contributed by atoms with Crippen LogP contribution in [0.1, 0.15) is 15.9 Å². The lowest BCUT2D eigenvalue weighted by Gasteiger charge is -2.27. The second-order valence-corrected chi connectivity index (χ2v) is 5.92. The Morgan fingerprint density at radius 2 is 1.43 bits per heavy atom. The predicted octanol–water partition coefficient (Wildman–Crippen LogP) is 5.34. The lowest BCUT2D eigenvalue weighted by molar-refractivity contribution is -0.343. The van der Waals surface area contributed by atoms with Crippen molar-refractivity contribution in [2.45, 2.75) is 18.0 Å². The third-order valence-electron chi connectivity index (χ3n) is 3.55. The smallest absolute Gasteiger partial charge is 0.320 e. The van der Waals surface area contributed by atoms with Gasteiger partial charge in [-0.05, 0) is 18.2 Å². The number of benzene rings is 2. The van der Waals surface area contributed by atoms with Gasteiger partial charge in [-0.2, -0.15) is 30.7 Å². The van der Waals surface area contributed by atoms with Gasteiger partial charge in [0, 0.05) is 16.1 Å². The molecule has 0 aliphatic carbocycles. The molecule has 0 aliphatic heterocycles. The summed E-state index contributed by atoms with van der Waals surface area (Å²) in [6.45, 7) is 0. The summed E-state index contributed by atoms with van der Waals surface area (Å²) in [4.78, 5) is 24.0. The zero-order valence-corrected chi connectivity index (χ0v) is 14.2. The molecule has 0 bridgehead atoms. The van der Waals surface area contributed by atoms with Crippen molar-refractivity contribution < 1.29 is 40.3 Å². The number of rotatable bonds is 5. The van der Waals surface area contributed by atoms with E-state index in [2.05, 4.69) is 0 Å². The van der Waals surface area contributed by atoms with Crippen LogP contribution in [0.3, 0.4) is 0 Å². The number of nitrogens with one attached hydrogen (secondary N) is 1. The van der Waals surface area contributed by atoms with Crippen LogP contribution >= 0.6 is 11.6 Å². The number of amides is 1. The van der Waals surface area contributed by atoms with Crippen LogP contribution in [-0.2, 0) is 4.79 Å². The van der Waals surface area contributed by atoms with E-state index in [1.807, 2.05) is 0 Å². The van der Waals surface area contributed by atoms with E-state index in [4.69, 9.17) is 11.6 Å². The van der Waals surface area contributed by atoms with Gasteiger partial charge in [0.15, 0.2) is 5.78 Å². The summed E-state index contributed by atoms with van der Waals surface area (Å²) in [6, 6.07) is 9.98. The van der Waals surface area contributed by atoms with E-state index in [1.54, 1.807) is 6.07 Å². The van der Waals surface area contributed by atoms with Gasteiger partial charge in [-0.1, -0.05) is 41.9 Å². The van der Waals surface area contributed by atoms with E-state index in [1.165, 1.54) is 29.6 Å². The second kappa shape index (κ2) is 7.42. The summed E-state index contributed by atoms with van der Waals surface area (Å²) in [5, 5.41) is 1.19. The van der Waals surface area contributed by atoms with Crippen LogP contribution in [0.25, 0.3) is 0 Å². The number of alkyl halides is 7. The Balaban J connectivity index is 2.42. The third kappa shape index (κ3) is 3.96. The number of carbonyl (C=O) groups excluding carboxylic acids is 2. The summed E-state index contributed by atoms with van der Waals surface area (Å²) in [5.74, 6) is -16.5. The lowest BCUT2D eigenvalue weighted by atomic mass is 10.0. The van der Waals surface area contributed by atoms with Gasteiger partial charge < -0.3 is 5.32 Å². The van der Waals surface area contributed by atoms with Gasteiger partial charge in [0.05, 0.1) is 5.69 Å². The van der Waals surface area contributed by atoms with Crippen molar-refractivity contribution >= 4 is 29.0 Å².